The van der Waals surface area contributed by atoms with Gasteiger partial charge in [0.15, 0.2) is 0 Å². The van der Waals surface area contributed by atoms with Crippen LogP contribution in [0.25, 0.3) is 0 Å². The van der Waals surface area contributed by atoms with Crippen LogP contribution in [0.2, 0.25) is 0 Å². The second-order valence-electron chi connectivity index (χ2n) is 1.92. The first-order valence-corrected chi connectivity index (χ1v) is 3.61. The number of benzene rings is 1. The molecule has 66 valence electrons. The minimum absolute atomic E-state index is 0.932. The fourth-order valence-electron chi connectivity index (χ4n) is 0.593. The molecule has 0 aliphatic carbocycles. The number of rotatable bonds is 0. The van der Waals surface area contributed by atoms with Gasteiger partial charge >= 0.3 is 71.5 Å². The van der Waals surface area contributed by atoms with Crippen molar-refractivity contribution in [1.29, 1.82) is 0 Å². The van der Waals surface area contributed by atoms with Crippen molar-refractivity contribution in [2.45, 2.75) is 0 Å². The molecule has 0 nitrogen and oxygen atoms in total. The van der Waals surface area contributed by atoms with Gasteiger partial charge in [0, 0.05) is 0 Å². The second kappa shape index (κ2) is 3.03. The molecule has 0 saturated carbocycles. The van der Waals surface area contributed by atoms with E-state index in [1.165, 1.54) is 16.0 Å². The monoisotopic (exact) mass is 248 g/mol. The van der Waals surface area contributed by atoms with E-state index < -0.39 is 33.5 Å². The Morgan fingerprint density at radius 2 is 0.833 bits per heavy atom. The van der Waals surface area contributed by atoms with Crippen LogP contribution in [0.4, 0.5) is 22.0 Å². The molecule has 0 spiro atoms. The molecule has 0 aliphatic rings. The van der Waals surface area contributed by atoms with Gasteiger partial charge < -0.3 is 0 Å². The first kappa shape index (κ1) is 9.48. The van der Waals surface area contributed by atoms with Crippen molar-refractivity contribution in [3.8, 4) is 0 Å². The van der Waals surface area contributed by atoms with Gasteiger partial charge in [-0.1, -0.05) is 0 Å². The van der Waals surface area contributed by atoms with Crippen molar-refractivity contribution in [2.24, 2.45) is 0 Å². The van der Waals surface area contributed by atoms with Gasteiger partial charge in [-0.3, -0.25) is 0 Å². The van der Waals surface area contributed by atoms with Gasteiger partial charge in [0.2, 0.25) is 0 Å². The van der Waals surface area contributed by atoms with Gasteiger partial charge in [0.25, 0.3) is 0 Å². The molecule has 0 N–H and O–H groups in total. The third kappa shape index (κ3) is 1.21. The van der Waals surface area contributed by atoms with E-state index >= 15 is 0 Å². The zero-order valence-corrected chi connectivity index (χ0v) is 7.21. The predicted molar refractivity (Wildman–Crippen MR) is 33.0 cm³/mol. The van der Waals surface area contributed by atoms with Gasteiger partial charge in [0.1, 0.15) is 0 Å². The summed E-state index contributed by atoms with van der Waals surface area (Å²) in [6.45, 7) is 0. The van der Waals surface area contributed by atoms with Crippen molar-refractivity contribution in [1.82, 2.24) is 0 Å². The van der Waals surface area contributed by atoms with Crippen LogP contribution < -0.4 is 4.46 Å². The Kier molecular flexibility index (Phi) is 2.39. The molecule has 6 heteroatoms. The van der Waals surface area contributed by atoms with Crippen LogP contribution in [0.15, 0.2) is 0 Å². The Bertz CT molecular complexity index is 230. The molecule has 0 fully saturated rings. The fraction of sp³-hybridized carbons (Fsp3) is 0. The van der Waals surface area contributed by atoms with Gasteiger partial charge in [-0.2, -0.15) is 0 Å². The van der Waals surface area contributed by atoms with E-state index in [1.807, 2.05) is 0 Å². The number of hydrogen-bond donors (Lipinski definition) is 0. The molecule has 0 atom stereocenters. The molecule has 12 heavy (non-hydrogen) atoms. The first-order valence-electron chi connectivity index (χ1n) is 2.67. The van der Waals surface area contributed by atoms with Crippen molar-refractivity contribution < 1.29 is 22.0 Å². The maximum absolute atomic E-state index is 12.4. The quantitative estimate of drug-likeness (QED) is 0.276. The van der Waals surface area contributed by atoms with E-state index in [4.69, 9.17) is 0 Å². The predicted octanol–water partition coefficient (Wildman–Crippen LogP) is 0.908. The molecule has 1 rings (SSSR count). The molecular formula is C6HF5Se. The Hall–Kier alpha value is -0.611. The normalized spacial score (nSPS) is 10.5. The van der Waals surface area contributed by atoms with E-state index in [9.17, 15) is 22.0 Å². The summed E-state index contributed by atoms with van der Waals surface area (Å²) in [5.41, 5.74) is 0. The summed E-state index contributed by atoms with van der Waals surface area (Å²) in [7, 11) is 0. The Morgan fingerprint density at radius 1 is 0.583 bits per heavy atom. The van der Waals surface area contributed by atoms with Gasteiger partial charge in [-0.05, 0) is 0 Å². The molecular weight excluding hydrogens is 246 g/mol. The van der Waals surface area contributed by atoms with Crippen LogP contribution in [0.1, 0.15) is 0 Å². The van der Waals surface area contributed by atoms with Gasteiger partial charge in [-0.25, -0.2) is 0 Å². The summed E-state index contributed by atoms with van der Waals surface area (Å²) in [5.74, 6) is -9.62. The third-order valence-corrected chi connectivity index (χ3v) is 2.01. The SMILES string of the molecule is Fc1c(F)c(F)c([SeH])c(F)c1F. The van der Waals surface area contributed by atoms with Gasteiger partial charge in [-0.15, -0.1) is 0 Å². The van der Waals surface area contributed by atoms with Crippen molar-refractivity contribution in [3.63, 3.8) is 0 Å². The van der Waals surface area contributed by atoms with Crippen LogP contribution in [-0.2, 0) is 0 Å². The van der Waals surface area contributed by atoms with Crippen LogP contribution in [-0.4, -0.2) is 16.0 Å². The Morgan fingerprint density at radius 3 is 1.17 bits per heavy atom. The molecule has 0 aliphatic heterocycles. The van der Waals surface area contributed by atoms with Crippen LogP contribution >= 0.6 is 0 Å². The van der Waals surface area contributed by atoms with Crippen molar-refractivity contribution in [2.75, 3.05) is 0 Å². The van der Waals surface area contributed by atoms with Gasteiger partial charge in [0.05, 0.1) is 0 Å². The second-order valence-corrected chi connectivity index (χ2v) is 2.86. The zero-order valence-electron chi connectivity index (χ0n) is 5.34. The molecule has 1 aromatic rings. The number of hydrogen-bond acceptors (Lipinski definition) is 0. The first-order chi connectivity index (χ1) is 5.46. The van der Waals surface area contributed by atoms with Crippen LogP contribution in [0.5, 0.6) is 0 Å². The van der Waals surface area contributed by atoms with Crippen LogP contribution in [0.3, 0.4) is 0 Å². The summed E-state index contributed by atoms with van der Waals surface area (Å²) in [5, 5.41) is 0. The van der Waals surface area contributed by atoms with E-state index in [-0.39, 0.29) is 0 Å². The van der Waals surface area contributed by atoms with E-state index in [0.717, 1.165) is 0 Å². The summed E-state index contributed by atoms with van der Waals surface area (Å²) in [4.78, 5) is 0. The average Bonchev–Trinajstić information content (AvgIpc) is 2.08. The van der Waals surface area contributed by atoms with Crippen molar-refractivity contribution in [3.05, 3.63) is 29.1 Å². The van der Waals surface area contributed by atoms with E-state index in [1.54, 1.807) is 0 Å². The van der Waals surface area contributed by atoms with E-state index in [2.05, 4.69) is 0 Å². The standard InChI is InChI=1S/C6HF5Se/c7-1-2(8)4(10)6(12)5(11)3(1)9/h12H. The molecule has 0 amide bonds. The molecule has 0 heterocycles. The maximum atomic E-state index is 12.4. The topological polar surface area (TPSA) is 0 Å². The fourth-order valence-corrected chi connectivity index (χ4v) is 1.01. The summed E-state index contributed by atoms with van der Waals surface area (Å²) < 4.78 is 60.6. The summed E-state index contributed by atoms with van der Waals surface area (Å²) in [6, 6.07) is 0. The minimum atomic E-state index is -2.14. The molecule has 0 unspecified atom stereocenters. The summed E-state index contributed by atoms with van der Waals surface area (Å²) >= 11 is 1.28. The Balaban J connectivity index is 3.60. The average molecular weight is 247 g/mol. The van der Waals surface area contributed by atoms with E-state index in [0.29, 0.717) is 0 Å². The van der Waals surface area contributed by atoms with Crippen molar-refractivity contribution >= 4 is 20.5 Å². The summed E-state index contributed by atoms with van der Waals surface area (Å²) in [6.07, 6.45) is 0. The third-order valence-electron chi connectivity index (χ3n) is 1.19. The molecule has 0 radical (unpaired) electrons. The van der Waals surface area contributed by atoms with Crippen LogP contribution in [0, 0.1) is 29.1 Å². The Labute approximate surface area is 72.2 Å². The molecule has 0 saturated heterocycles. The number of halogens is 5. The zero-order chi connectivity index (χ0) is 9.46. The molecule has 1 aromatic carbocycles. The molecule has 0 aromatic heterocycles. The molecule has 0 bridgehead atoms.